The smallest absolute Gasteiger partial charge is 0.237 e. The van der Waals surface area contributed by atoms with Crippen LogP contribution in [-0.4, -0.2) is 73.7 Å². The van der Waals surface area contributed by atoms with E-state index in [9.17, 15) is 9.90 Å². The van der Waals surface area contributed by atoms with E-state index in [1.807, 2.05) is 17.9 Å². The number of rotatable bonds is 6. The average molecular weight is 501 g/mol. The van der Waals surface area contributed by atoms with Gasteiger partial charge in [-0.05, 0) is 67.3 Å². The van der Waals surface area contributed by atoms with Crippen molar-refractivity contribution in [2.75, 3.05) is 32.7 Å². The van der Waals surface area contributed by atoms with E-state index in [-0.39, 0.29) is 17.2 Å². The number of hydrogen-bond donors (Lipinski definition) is 3. The molecule has 190 valence electrons. The number of halogens is 1. The lowest BCUT2D eigenvalue weighted by molar-refractivity contribution is -0.130. The van der Waals surface area contributed by atoms with Gasteiger partial charge >= 0.3 is 0 Å². The van der Waals surface area contributed by atoms with Crippen LogP contribution in [-0.2, 0) is 11.2 Å². The van der Waals surface area contributed by atoms with E-state index in [1.165, 1.54) is 0 Å². The molecule has 0 spiro atoms. The summed E-state index contributed by atoms with van der Waals surface area (Å²) < 4.78 is 15.6. The zero-order valence-electron chi connectivity index (χ0n) is 20.7. The van der Waals surface area contributed by atoms with Gasteiger partial charge in [-0.3, -0.25) is 14.8 Å². The predicted octanol–water partition coefficient (Wildman–Crippen LogP) is 4.35. The van der Waals surface area contributed by atoms with Gasteiger partial charge in [-0.1, -0.05) is 25.1 Å². The number of aromatic nitrogens is 4. The number of aryl methyl sites for hydroxylation is 1. The number of amides is 1. The van der Waals surface area contributed by atoms with Crippen molar-refractivity contribution in [3.05, 3.63) is 59.7 Å². The largest absolute Gasteiger partial charge is 0.508 e. The zero-order valence-corrected chi connectivity index (χ0v) is 20.7. The number of carbonyl (C=O) groups is 1. The number of phenolic OH excluding ortho intramolecular Hbond substituents is 1. The number of hydrogen-bond acceptors (Lipinski definition) is 5. The Labute approximate surface area is 213 Å². The number of nitrogens with one attached hydrogen (secondary N) is 2. The van der Waals surface area contributed by atoms with Crippen LogP contribution in [0.3, 0.4) is 0 Å². The first-order chi connectivity index (χ1) is 18.0. The third-order valence-electron chi connectivity index (χ3n) is 7.41. The van der Waals surface area contributed by atoms with Crippen LogP contribution in [0.15, 0.2) is 42.6 Å². The molecule has 1 fully saturated rings. The van der Waals surface area contributed by atoms with Crippen LogP contribution in [0, 0.1) is 5.82 Å². The Morgan fingerprint density at radius 2 is 1.97 bits per heavy atom. The molecule has 1 saturated heterocycles. The molecule has 0 unspecified atom stereocenters. The van der Waals surface area contributed by atoms with Crippen LogP contribution < -0.4 is 0 Å². The van der Waals surface area contributed by atoms with Crippen molar-refractivity contribution in [1.29, 1.82) is 0 Å². The SMILES string of the molecule is CCc1cc(O)ccc1-c1ccc2c(-c3ncc(C4=CCN(C(=O)CN5CCCC5)C4)[nH]3)[nH]nc2c1F. The number of imidazole rings is 1. The Morgan fingerprint density at radius 1 is 1.16 bits per heavy atom. The Morgan fingerprint density at radius 3 is 2.78 bits per heavy atom. The molecule has 0 bridgehead atoms. The lowest BCUT2D eigenvalue weighted by Gasteiger charge is -2.20. The molecular formula is C28H29FN6O2. The number of carbonyl (C=O) groups excluding carboxylic acids is 1. The summed E-state index contributed by atoms with van der Waals surface area (Å²) in [5.41, 5.74) is 4.74. The highest BCUT2D eigenvalue weighted by atomic mass is 19.1. The number of nitrogens with zero attached hydrogens (tertiary/aromatic N) is 4. The molecule has 0 atom stereocenters. The van der Waals surface area contributed by atoms with Crippen molar-refractivity contribution >= 4 is 22.4 Å². The standard InChI is InChI=1S/C28H29FN6O2/c1-2-17-13-19(36)5-6-20(17)21-7-8-22-26(25(21)29)32-33-27(22)28-30-14-23(31-28)18-9-12-35(15-18)24(37)16-34-10-3-4-11-34/h5-9,13-14,36H,2-4,10-12,15-16H2,1H3,(H,30,31)(H,32,33). The van der Waals surface area contributed by atoms with Crippen molar-refractivity contribution in [2.24, 2.45) is 0 Å². The quantitative estimate of drug-likeness (QED) is 0.366. The van der Waals surface area contributed by atoms with Gasteiger partial charge in [-0.25, -0.2) is 9.37 Å². The molecule has 0 radical (unpaired) electrons. The summed E-state index contributed by atoms with van der Waals surface area (Å²) >= 11 is 0. The van der Waals surface area contributed by atoms with Crippen molar-refractivity contribution in [3.63, 3.8) is 0 Å². The minimum Gasteiger partial charge on any atom is -0.508 e. The second-order valence-corrected chi connectivity index (χ2v) is 9.75. The van der Waals surface area contributed by atoms with Gasteiger partial charge in [-0.2, -0.15) is 5.10 Å². The predicted molar refractivity (Wildman–Crippen MR) is 140 cm³/mol. The van der Waals surface area contributed by atoms with E-state index in [4.69, 9.17) is 0 Å². The fourth-order valence-electron chi connectivity index (χ4n) is 5.36. The molecule has 2 aliphatic heterocycles. The van der Waals surface area contributed by atoms with E-state index in [1.54, 1.807) is 30.5 Å². The number of aromatic amines is 2. The Balaban J connectivity index is 1.23. The van der Waals surface area contributed by atoms with E-state index < -0.39 is 5.82 Å². The van der Waals surface area contributed by atoms with Crippen molar-refractivity contribution < 1.29 is 14.3 Å². The first-order valence-corrected chi connectivity index (χ1v) is 12.8. The maximum atomic E-state index is 15.6. The van der Waals surface area contributed by atoms with Gasteiger partial charge in [-0.15, -0.1) is 0 Å². The fraction of sp³-hybridized carbons (Fsp3) is 0.321. The van der Waals surface area contributed by atoms with Gasteiger partial charge in [0.25, 0.3) is 0 Å². The minimum atomic E-state index is -0.419. The number of aromatic hydroxyl groups is 1. The molecule has 37 heavy (non-hydrogen) atoms. The third kappa shape index (κ3) is 4.29. The summed E-state index contributed by atoms with van der Waals surface area (Å²) in [4.78, 5) is 24.6. The maximum absolute atomic E-state index is 15.6. The molecule has 0 aliphatic carbocycles. The normalized spacial score (nSPS) is 16.2. The zero-order chi connectivity index (χ0) is 25.5. The second-order valence-electron chi connectivity index (χ2n) is 9.75. The first-order valence-electron chi connectivity index (χ1n) is 12.8. The van der Waals surface area contributed by atoms with Crippen LogP contribution >= 0.6 is 0 Å². The number of benzene rings is 2. The summed E-state index contributed by atoms with van der Waals surface area (Å²) in [5.74, 6) is 0.455. The Bertz CT molecular complexity index is 1510. The summed E-state index contributed by atoms with van der Waals surface area (Å²) in [5, 5.41) is 17.7. The van der Waals surface area contributed by atoms with E-state index in [2.05, 4.69) is 31.1 Å². The molecule has 2 aromatic carbocycles. The number of likely N-dealkylation sites (tertiary alicyclic amines) is 1. The number of fused-ring (bicyclic) bond motifs is 1. The monoisotopic (exact) mass is 500 g/mol. The van der Waals surface area contributed by atoms with Crippen molar-refractivity contribution in [2.45, 2.75) is 26.2 Å². The van der Waals surface area contributed by atoms with Gasteiger partial charge in [0, 0.05) is 24.0 Å². The van der Waals surface area contributed by atoms with Crippen molar-refractivity contribution in [1.82, 2.24) is 30.0 Å². The van der Waals surface area contributed by atoms with E-state index >= 15 is 4.39 Å². The topological polar surface area (TPSA) is 101 Å². The van der Waals surface area contributed by atoms with Crippen LogP contribution in [0.25, 0.3) is 39.1 Å². The molecule has 4 aromatic rings. The highest BCUT2D eigenvalue weighted by Crippen LogP contribution is 2.35. The lowest BCUT2D eigenvalue weighted by atomic mass is 9.96. The summed E-state index contributed by atoms with van der Waals surface area (Å²) in [6, 6.07) is 8.55. The molecule has 8 nitrogen and oxygen atoms in total. The highest BCUT2D eigenvalue weighted by molar-refractivity contribution is 5.95. The van der Waals surface area contributed by atoms with Gasteiger partial charge in [0.15, 0.2) is 11.6 Å². The van der Waals surface area contributed by atoms with Crippen molar-refractivity contribution in [3.8, 4) is 28.4 Å². The third-order valence-corrected chi connectivity index (χ3v) is 7.41. The van der Waals surface area contributed by atoms with Crippen LogP contribution in [0.5, 0.6) is 5.75 Å². The second kappa shape index (κ2) is 9.48. The Hall–Kier alpha value is -3.98. The molecule has 2 aromatic heterocycles. The average Bonchev–Trinajstić information content (AvgIpc) is 3.70. The molecule has 0 saturated carbocycles. The van der Waals surface area contributed by atoms with Crippen LogP contribution in [0.2, 0.25) is 0 Å². The number of phenols is 1. The lowest BCUT2D eigenvalue weighted by Crippen LogP contribution is -2.38. The molecule has 1 amide bonds. The summed E-state index contributed by atoms with van der Waals surface area (Å²) in [7, 11) is 0. The van der Waals surface area contributed by atoms with E-state index in [0.717, 1.165) is 48.3 Å². The molecule has 9 heteroatoms. The Kier molecular flexibility index (Phi) is 6.00. The van der Waals surface area contributed by atoms with Crippen LogP contribution in [0.4, 0.5) is 4.39 Å². The summed E-state index contributed by atoms with van der Waals surface area (Å²) in [6.45, 7) is 5.58. The molecule has 2 aliphatic rings. The fourth-order valence-corrected chi connectivity index (χ4v) is 5.36. The maximum Gasteiger partial charge on any atom is 0.237 e. The number of H-pyrrole nitrogens is 2. The molecular weight excluding hydrogens is 471 g/mol. The van der Waals surface area contributed by atoms with Gasteiger partial charge in [0.05, 0.1) is 18.4 Å². The summed E-state index contributed by atoms with van der Waals surface area (Å²) in [6.07, 6.45) is 6.80. The molecule has 6 rings (SSSR count). The first kappa shape index (κ1) is 23.4. The molecule has 4 heterocycles. The highest BCUT2D eigenvalue weighted by Gasteiger charge is 2.25. The minimum absolute atomic E-state index is 0.151. The van der Waals surface area contributed by atoms with Gasteiger partial charge in [0.1, 0.15) is 17.0 Å². The van der Waals surface area contributed by atoms with Crippen LogP contribution in [0.1, 0.15) is 31.0 Å². The van der Waals surface area contributed by atoms with E-state index in [0.29, 0.717) is 48.5 Å². The molecule has 3 N–H and O–H groups in total. The van der Waals surface area contributed by atoms with Gasteiger partial charge < -0.3 is 15.0 Å². The van der Waals surface area contributed by atoms with Gasteiger partial charge in [0.2, 0.25) is 5.91 Å².